The summed E-state index contributed by atoms with van der Waals surface area (Å²) in [6, 6.07) is 7.28. The minimum atomic E-state index is -0.210. The van der Waals surface area contributed by atoms with Gasteiger partial charge in [0.2, 0.25) is 0 Å². The van der Waals surface area contributed by atoms with E-state index in [1.807, 2.05) is 25.1 Å². The molecule has 0 fully saturated rings. The summed E-state index contributed by atoms with van der Waals surface area (Å²) in [4.78, 5) is 11.4. The zero-order valence-electron chi connectivity index (χ0n) is 10.3. The summed E-state index contributed by atoms with van der Waals surface area (Å²) in [6.45, 7) is 1.96. The Morgan fingerprint density at radius 3 is 2.83 bits per heavy atom. The van der Waals surface area contributed by atoms with Crippen LogP contribution in [0.25, 0.3) is 5.69 Å². The number of carbonyl (C=O) groups excluding carboxylic acids is 1. The van der Waals surface area contributed by atoms with Crippen molar-refractivity contribution >= 4 is 5.91 Å². The largest absolute Gasteiger partial charge is 0.392 e. The summed E-state index contributed by atoms with van der Waals surface area (Å²) in [6.07, 6.45) is 1.74. The molecule has 0 atom stereocenters. The Bertz CT molecular complexity index is 575. The lowest BCUT2D eigenvalue weighted by atomic mass is 10.1. The van der Waals surface area contributed by atoms with Gasteiger partial charge in [0.05, 0.1) is 12.3 Å². The van der Waals surface area contributed by atoms with Crippen LogP contribution in [0.1, 0.15) is 21.6 Å². The molecular weight excluding hydrogens is 230 g/mol. The molecule has 0 aliphatic rings. The summed E-state index contributed by atoms with van der Waals surface area (Å²) in [5, 5.41) is 15.8. The van der Waals surface area contributed by atoms with Crippen LogP contribution in [0.3, 0.4) is 0 Å². The zero-order chi connectivity index (χ0) is 13.1. The monoisotopic (exact) mass is 245 g/mol. The number of carbonyl (C=O) groups is 1. The van der Waals surface area contributed by atoms with E-state index in [0.717, 1.165) is 16.8 Å². The van der Waals surface area contributed by atoms with Crippen LogP contribution in [-0.2, 0) is 6.61 Å². The molecule has 5 nitrogen and oxygen atoms in total. The van der Waals surface area contributed by atoms with E-state index in [1.165, 1.54) is 0 Å². The quantitative estimate of drug-likeness (QED) is 0.848. The van der Waals surface area contributed by atoms with Gasteiger partial charge in [0, 0.05) is 13.2 Å². The number of aryl methyl sites for hydroxylation is 1. The van der Waals surface area contributed by atoms with Crippen LogP contribution in [0.15, 0.2) is 30.5 Å². The summed E-state index contributed by atoms with van der Waals surface area (Å²) in [5.74, 6) is -0.210. The predicted octanol–water partition coefficient (Wildman–Crippen LogP) is 1.03. The van der Waals surface area contributed by atoms with Gasteiger partial charge >= 0.3 is 0 Å². The molecule has 1 aromatic heterocycles. The topological polar surface area (TPSA) is 67.2 Å². The minimum absolute atomic E-state index is 0.0176. The number of hydrogen-bond acceptors (Lipinski definition) is 3. The van der Waals surface area contributed by atoms with Gasteiger partial charge in [-0.15, -0.1) is 0 Å². The molecule has 2 rings (SSSR count). The Labute approximate surface area is 105 Å². The highest BCUT2D eigenvalue weighted by molar-refractivity contribution is 5.91. The van der Waals surface area contributed by atoms with E-state index >= 15 is 0 Å². The standard InChI is InChI=1S/C13H15N3O2/c1-9-7-10(8-17)3-4-12(9)16-6-5-11(15-16)13(18)14-2/h3-7,17H,8H2,1-2H3,(H,14,18). The second kappa shape index (κ2) is 5.01. The van der Waals surface area contributed by atoms with Crippen LogP contribution >= 0.6 is 0 Å². The summed E-state index contributed by atoms with van der Waals surface area (Å²) in [7, 11) is 1.57. The summed E-state index contributed by atoms with van der Waals surface area (Å²) in [5.41, 5.74) is 3.12. The molecule has 0 bridgehead atoms. The Kier molecular flexibility index (Phi) is 3.43. The van der Waals surface area contributed by atoms with Crippen LogP contribution in [0.2, 0.25) is 0 Å². The lowest BCUT2D eigenvalue weighted by molar-refractivity contribution is 0.0957. The molecule has 0 saturated carbocycles. The molecule has 0 unspecified atom stereocenters. The van der Waals surface area contributed by atoms with Gasteiger partial charge < -0.3 is 10.4 Å². The van der Waals surface area contributed by atoms with Crippen molar-refractivity contribution in [1.82, 2.24) is 15.1 Å². The van der Waals surface area contributed by atoms with Crippen molar-refractivity contribution in [3.05, 3.63) is 47.3 Å². The Morgan fingerprint density at radius 1 is 1.44 bits per heavy atom. The molecule has 2 N–H and O–H groups in total. The number of hydrogen-bond donors (Lipinski definition) is 2. The fourth-order valence-electron chi connectivity index (χ4n) is 1.78. The van der Waals surface area contributed by atoms with Crippen molar-refractivity contribution in [2.75, 3.05) is 7.05 Å². The molecule has 1 aromatic carbocycles. The Morgan fingerprint density at radius 2 is 2.22 bits per heavy atom. The fourth-order valence-corrected chi connectivity index (χ4v) is 1.78. The molecule has 0 radical (unpaired) electrons. The fraction of sp³-hybridized carbons (Fsp3) is 0.231. The highest BCUT2D eigenvalue weighted by atomic mass is 16.3. The second-order valence-electron chi connectivity index (χ2n) is 4.00. The van der Waals surface area contributed by atoms with Gasteiger partial charge in [-0.2, -0.15) is 5.10 Å². The maximum atomic E-state index is 11.4. The number of nitrogens with one attached hydrogen (secondary N) is 1. The van der Waals surface area contributed by atoms with E-state index in [0.29, 0.717) is 5.69 Å². The first-order chi connectivity index (χ1) is 8.65. The van der Waals surface area contributed by atoms with Crippen LogP contribution in [0.4, 0.5) is 0 Å². The molecule has 94 valence electrons. The van der Waals surface area contributed by atoms with Crippen molar-refractivity contribution in [2.24, 2.45) is 0 Å². The predicted molar refractivity (Wildman–Crippen MR) is 67.6 cm³/mol. The number of aliphatic hydroxyl groups is 1. The summed E-state index contributed by atoms with van der Waals surface area (Å²) < 4.78 is 1.65. The molecule has 1 amide bonds. The van der Waals surface area contributed by atoms with Gasteiger partial charge in [-0.3, -0.25) is 4.79 Å². The van der Waals surface area contributed by atoms with Crippen molar-refractivity contribution in [2.45, 2.75) is 13.5 Å². The van der Waals surface area contributed by atoms with Gasteiger partial charge in [0.15, 0.2) is 5.69 Å². The zero-order valence-corrected chi connectivity index (χ0v) is 10.3. The van der Waals surface area contributed by atoms with Crippen LogP contribution in [0.5, 0.6) is 0 Å². The van der Waals surface area contributed by atoms with Crippen molar-refractivity contribution in [1.29, 1.82) is 0 Å². The number of amides is 1. The Hall–Kier alpha value is -2.14. The molecule has 0 aliphatic heterocycles. The number of rotatable bonds is 3. The van der Waals surface area contributed by atoms with E-state index < -0.39 is 0 Å². The highest BCUT2D eigenvalue weighted by Gasteiger charge is 2.09. The van der Waals surface area contributed by atoms with Gasteiger partial charge in [-0.1, -0.05) is 12.1 Å². The van der Waals surface area contributed by atoms with E-state index in [4.69, 9.17) is 5.11 Å². The maximum absolute atomic E-state index is 11.4. The van der Waals surface area contributed by atoms with E-state index in [1.54, 1.807) is 24.0 Å². The normalized spacial score (nSPS) is 10.4. The van der Waals surface area contributed by atoms with Crippen LogP contribution in [0, 0.1) is 6.92 Å². The molecule has 0 spiro atoms. The van der Waals surface area contributed by atoms with E-state index in [2.05, 4.69) is 10.4 Å². The highest BCUT2D eigenvalue weighted by Crippen LogP contribution is 2.15. The van der Waals surface area contributed by atoms with E-state index in [9.17, 15) is 4.79 Å². The molecule has 1 heterocycles. The lowest BCUT2D eigenvalue weighted by Gasteiger charge is -2.07. The number of nitrogens with zero attached hydrogens (tertiary/aromatic N) is 2. The molecule has 2 aromatic rings. The third-order valence-corrected chi connectivity index (χ3v) is 2.74. The minimum Gasteiger partial charge on any atom is -0.392 e. The second-order valence-corrected chi connectivity index (χ2v) is 4.00. The van der Waals surface area contributed by atoms with E-state index in [-0.39, 0.29) is 12.5 Å². The molecular formula is C13H15N3O2. The smallest absolute Gasteiger partial charge is 0.271 e. The SMILES string of the molecule is CNC(=O)c1ccn(-c2ccc(CO)cc2C)n1. The van der Waals surface area contributed by atoms with Crippen molar-refractivity contribution in [3.8, 4) is 5.69 Å². The summed E-state index contributed by atoms with van der Waals surface area (Å²) >= 11 is 0. The third kappa shape index (κ3) is 2.26. The number of aromatic nitrogens is 2. The first kappa shape index (κ1) is 12.3. The maximum Gasteiger partial charge on any atom is 0.271 e. The van der Waals surface area contributed by atoms with Gasteiger partial charge in [0.1, 0.15) is 0 Å². The molecule has 0 saturated heterocycles. The molecule has 0 aliphatic carbocycles. The first-order valence-electron chi connectivity index (χ1n) is 5.64. The third-order valence-electron chi connectivity index (χ3n) is 2.74. The Balaban J connectivity index is 2.37. The van der Waals surface area contributed by atoms with Crippen molar-refractivity contribution in [3.63, 3.8) is 0 Å². The average molecular weight is 245 g/mol. The van der Waals surface area contributed by atoms with Crippen molar-refractivity contribution < 1.29 is 9.90 Å². The molecule has 5 heteroatoms. The van der Waals surface area contributed by atoms with Gasteiger partial charge in [-0.25, -0.2) is 4.68 Å². The van der Waals surface area contributed by atoms with Gasteiger partial charge in [0.25, 0.3) is 5.91 Å². The number of benzene rings is 1. The molecule has 18 heavy (non-hydrogen) atoms. The first-order valence-corrected chi connectivity index (χ1v) is 5.64. The van der Waals surface area contributed by atoms with Crippen LogP contribution in [-0.4, -0.2) is 27.8 Å². The van der Waals surface area contributed by atoms with Gasteiger partial charge in [-0.05, 0) is 30.2 Å². The lowest BCUT2D eigenvalue weighted by Crippen LogP contribution is -2.18. The number of aliphatic hydroxyl groups excluding tert-OH is 1. The average Bonchev–Trinajstić information content (AvgIpc) is 2.87. The van der Waals surface area contributed by atoms with Crippen LogP contribution < -0.4 is 5.32 Å².